The van der Waals surface area contributed by atoms with Crippen LogP contribution in [0.3, 0.4) is 0 Å². The van der Waals surface area contributed by atoms with Gasteiger partial charge in [0, 0.05) is 38.5 Å². The van der Waals surface area contributed by atoms with Crippen molar-refractivity contribution in [2.45, 2.75) is 26.8 Å². The van der Waals surface area contributed by atoms with Crippen LogP contribution in [0.5, 0.6) is 0 Å². The van der Waals surface area contributed by atoms with Gasteiger partial charge in [0.15, 0.2) is 0 Å². The molecule has 1 heterocycles. The highest BCUT2D eigenvalue weighted by Gasteiger charge is 2.18. The Hall–Kier alpha value is -2.01. The van der Waals surface area contributed by atoms with Crippen LogP contribution in [0.2, 0.25) is 0 Å². The van der Waals surface area contributed by atoms with E-state index in [1.165, 1.54) is 5.69 Å². The summed E-state index contributed by atoms with van der Waals surface area (Å²) in [5.74, 6) is 0. The third-order valence-electron chi connectivity index (χ3n) is 4.06. The lowest BCUT2D eigenvalue weighted by Crippen LogP contribution is -2.40. The summed E-state index contributed by atoms with van der Waals surface area (Å²) in [6.45, 7) is 7.11. The van der Waals surface area contributed by atoms with E-state index in [9.17, 15) is 4.79 Å². The molecule has 0 saturated heterocycles. The van der Waals surface area contributed by atoms with E-state index >= 15 is 0 Å². The summed E-state index contributed by atoms with van der Waals surface area (Å²) in [5.41, 5.74) is 2.16. The predicted molar refractivity (Wildman–Crippen MR) is 93.5 cm³/mol. The second-order valence-corrected chi connectivity index (χ2v) is 6.72. The molecule has 0 bridgehead atoms. The lowest BCUT2D eigenvalue weighted by molar-refractivity contribution is 0.201. The van der Waals surface area contributed by atoms with Crippen molar-refractivity contribution < 1.29 is 9.90 Å². The fourth-order valence-corrected chi connectivity index (χ4v) is 2.51. The van der Waals surface area contributed by atoms with Gasteiger partial charge in [0.05, 0.1) is 0 Å². The predicted octanol–water partition coefficient (Wildman–Crippen LogP) is 2.27. The van der Waals surface area contributed by atoms with E-state index in [0.29, 0.717) is 19.5 Å². The zero-order valence-electron chi connectivity index (χ0n) is 14.0. The Morgan fingerprint density at radius 2 is 2.00 bits per heavy atom. The van der Waals surface area contributed by atoms with Crippen molar-refractivity contribution in [1.82, 2.24) is 10.6 Å². The largest absolute Gasteiger partial charge is 0.396 e. The van der Waals surface area contributed by atoms with Crippen LogP contribution >= 0.6 is 0 Å². The summed E-state index contributed by atoms with van der Waals surface area (Å²) in [4.78, 5) is 14.2. The summed E-state index contributed by atoms with van der Waals surface area (Å²) in [6, 6.07) is 8.07. The number of hydrogen-bond acceptors (Lipinski definition) is 3. The number of urea groups is 1. The van der Waals surface area contributed by atoms with Gasteiger partial charge in [-0.1, -0.05) is 38.1 Å². The quantitative estimate of drug-likeness (QED) is 0.676. The molecule has 126 valence electrons. The van der Waals surface area contributed by atoms with E-state index in [1.54, 1.807) is 0 Å². The second-order valence-electron chi connectivity index (χ2n) is 6.72. The number of anilines is 1. The third-order valence-corrected chi connectivity index (χ3v) is 4.06. The van der Waals surface area contributed by atoms with Gasteiger partial charge in [-0.3, -0.25) is 0 Å². The summed E-state index contributed by atoms with van der Waals surface area (Å²) >= 11 is 0. The Bertz CT molecular complexity index is 547. The topological polar surface area (TPSA) is 64.6 Å². The molecule has 0 atom stereocenters. The van der Waals surface area contributed by atoms with Crippen molar-refractivity contribution in [3.05, 3.63) is 42.0 Å². The zero-order chi connectivity index (χ0) is 16.7. The first-order valence-electron chi connectivity index (χ1n) is 8.12. The van der Waals surface area contributed by atoms with Gasteiger partial charge in [0.25, 0.3) is 0 Å². The van der Waals surface area contributed by atoms with Gasteiger partial charge >= 0.3 is 6.03 Å². The lowest BCUT2D eigenvalue weighted by Gasteiger charge is -2.24. The molecule has 0 radical (unpaired) electrons. The normalized spacial score (nSPS) is 14.1. The Labute approximate surface area is 138 Å². The fraction of sp³-hybridized carbons (Fsp3) is 0.500. The van der Waals surface area contributed by atoms with Crippen molar-refractivity contribution in [3.8, 4) is 0 Å². The Morgan fingerprint density at radius 1 is 1.26 bits per heavy atom. The van der Waals surface area contributed by atoms with Crippen LogP contribution in [0.4, 0.5) is 10.5 Å². The molecule has 1 aliphatic rings. The van der Waals surface area contributed by atoms with Crippen molar-refractivity contribution in [2.24, 2.45) is 5.41 Å². The highest BCUT2D eigenvalue weighted by molar-refractivity contribution is 5.73. The first-order valence-corrected chi connectivity index (χ1v) is 8.12. The molecule has 1 aromatic carbocycles. The molecule has 0 aliphatic carbocycles. The minimum atomic E-state index is -0.177. The van der Waals surface area contributed by atoms with Crippen molar-refractivity contribution in [1.29, 1.82) is 0 Å². The maximum absolute atomic E-state index is 11.9. The highest BCUT2D eigenvalue weighted by atomic mass is 16.3. The molecule has 0 unspecified atom stereocenters. The first-order chi connectivity index (χ1) is 11.0. The zero-order valence-corrected chi connectivity index (χ0v) is 14.0. The van der Waals surface area contributed by atoms with Crippen LogP contribution in [-0.2, 0) is 6.54 Å². The third kappa shape index (κ3) is 5.60. The van der Waals surface area contributed by atoms with Gasteiger partial charge in [0.1, 0.15) is 0 Å². The number of aliphatic hydroxyl groups is 1. The smallest absolute Gasteiger partial charge is 0.315 e. The molecule has 0 spiro atoms. The minimum absolute atomic E-state index is 0.102. The van der Waals surface area contributed by atoms with E-state index in [2.05, 4.69) is 39.8 Å². The Kier molecular flexibility index (Phi) is 6.04. The lowest BCUT2D eigenvalue weighted by atomic mass is 9.90. The van der Waals surface area contributed by atoms with E-state index in [4.69, 9.17) is 5.11 Å². The van der Waals surface area contributed by atoms with Crippen LogP contribution in [-0.4, -0.2) is 37.4 Å². The number of hydrogen-bond donors (Lipinski definition) is 3. The molecule has 0 aromatic heterocycles. The van der Waals surface area contributed by atoms with E-state index in [1.807, 2.05) is 26.0 Å². The number of carbonyl (C=O) groups excluding carboxylic acids is 1. The molecule has 23 heavy (non-hydrogen) atoms. The standard InChI is InChI=1S/C18H27N3O2/c1-18(2,8-11-22)14-20-17(23)19-13-15-6-5-7-16(12-15)21-9-3-4-10-21/h3-7,12,22H,8-11,13-14H2,1-2H3,(H2,19,20,23). The number of amides is 2. The van der Waals surface area contributed by atoms with Gasteiger partial charge in [-0.05, 0) is 29.5 Å². The number of benzene rings is 1. The summed E-state index contributed by atoms with van der Waals surface area (Å²) in [7, 11) is 0. The van der Waals surface area contributed by atoms with E-state index in [-0.39, 0.29) is 18.1 Å². The van der Waals surface area contributed by atoms with Crippen LogP contribution in [0.25, 0.3) is 0 Å². The van der Waals surface area contributed by atoms with Crippen LogP contribution in [0.15, 0.2) is 36.4 Å². The van der Waals surface area contributed by atoms with Crippen molar-refractivity contribution in [2.75, 3.05) is 31.1 Å². The van der Waals surface area contributed by atoms with Gasteiger partial charge in [-0.2, -0.15) is 0 Å². The SMILES string of the molecule is CC(C)(CCO)CNC(=O)NCc1cccc(N2CC=CC2)c1. The molecule has 0 fully saturated rings. The van der Waals surface area contributed by atoms with Gasteiger partial charge in [0.2, 0.25) is 0 Å². The maximum atomic E-state index is 11.9. The molecule has 5 nitrogen and oxygen atoms in total. The Balaban J connectivity index is 1.79. The number of nitrogens with zero attached hydrogens (tertiary/aromatic N) is 1. The summed E-state index contributed by atoms with van der Waals surface area (Å²) in [5, 5.41) is 14.7. The van der Waals surface area contributed by atoms with E-state index in [0.717, 1.165) is 18.7 Å². The number of aliphatic hydroxyl groups excluding tert-OH is 1. The highest BCUT2D eigenvalue weighted by Crippen LogP contribution is 2.19. The minimum Gasteiger partial charge on any atom is -0.396 e. The number of rotatable bonds is 7. The number of carbonyl (C=O) groups is 1. The molecule has 1 aromatic rings. The summed E-state index contributed by atoms with van der Waals surface area (Å²) < 4.78 is 0. The fourth-order valence-electron chi connectivity index (χ4n) is 2.51. The molecule has 0 saturated carbocycles. The van der Waals surface area contributed by atoms with Gasteiger partial charge < -0.3 is 20.6 Å². The van der Waals surface area contributed by atoms with Crippen LogP contribution in [0.1, 0.15) is 25.8 Å². The molecule has 5 heteroatoms. The molecule has 1 aliphatic heterocycles. The molecular weight excluding hydrogens is 290 g/mol. The summed E-state index contributed by atoms with van der Waals surface area (Å²) in [6.07, 6.45) is 4.98. The van der Waals surface area contributed by atoms with Crippen LogP contribution in [0, 0.1) is 5.41 Å². The van der Waals surface area contributed by atoms with Gasteiger partial charge in [-0.25, -0.2) is 4.79 Å². The first kappa shape index (κ1) is 17.3. The van der Waals surface area contributed by atoms with Crippen molar-refractivity contribution >= 4 is 11.7 Å². The molecule has 2 rings (SSSR count). The molecule has 3 N–H and O–H groups in total. The average molecular weight is 317 g/mol. The van der Waals surface area contributed by atoms with Gasteiger partial charge in [-0.15, -0.1) is 0 Å². The van der Waals surface area contributed by atoms with Crippen LogP contribution < -0.4 is 15.5 Å². The molecular formula is C18H27N3O2. The van der Waals surface area contributed by atoms with E-state index < -0.39 is 0 Å². The maximum Gasteiger partial charge on any atom is 0.315 e. The van der Waals surface area contributed by atoms with Crippen molar-refractivity contribution in [3.63, 3.8) is 0 Å². The molecule has 2 amide bonds. The average Bonchev–Trinajstić information content (AvgIpc) is 3.06. The monoisotopic (exact) mass is 317 g/mol. The Morgan fingerprint density at radius 3 is 2.70 bits per heavy atom. The second kappa shape index (κ2) is 8.02. The number of nitrogens with one attached hydrogen (secondary N) is 2.